The SMILES string of the molecule is CCCCNC1=C([C@@H](NC(=O)OC(C)(C)C)c2ccccc2)C(=O)CO1. The molecule has 2 N–H and O–H groups in total. The van der Waals surface area contributed by atoms with Gasteiger partial charge in [0, 0.05) is 6.54 Å². The number of benzene rings is 1. The maximum atomic E-state index is 12.5. The molecule has 1 aromatic carbocycles. The molecule has 6 heteroatoms. The molecule has 0 saturated heterocycles. The van der Waals surface area contributed by atoms with Gasteiger partial charge in [-0.15, -0.1) is 0 Å². The number of Topliss-reactive ketones (excluding diaryl/α,β-unsaturated/α-hetero) is 1. The number of amides is 1. The van der Waals surface area contributed by atoms with Gasteiger partial charge in [0.15, 0.2) is 12.5 Å². The van der Waals surface area contributed by atoms with E-state index in [1.807, 2.05) is 30.3 Å². The van der Waals surface area contributed by atoms with E-state index in [1.165, 1.54) is 0 Å². The zero-order chi connectivity index (χ0) is 19.2. The Morgan fingerprint density at radius 3 is 2.58 bits per heavy atom. The first kappa shape index (κ1) is 19.8. The molecule has 0 aromatic heterocycles. The third-order valence-electron chi connectivity index (χ3n) is 3.79. The molecule has 0 fully saturated rings. The molecule has 1 aliphatic rings. The molecule has 6 nitrogen and oxygen atoms in total. The van der Waals surface area contributed by atoms with Gasteiger partial charge in [0.05, 0.1) is 11.6 Å². The van der Waals surface area contributed by atoms with Crippen LogP contribution in [0.2, 0.25) is 0 Å². The summed E-state index contributed by atoms with van der Waals surface area (Å²) in [5, 5.41) is 6.00. The summed E-state index contributed by atoms with van der Waals surface area (Å²) in [6.07, 6.45) is 1.41. The summed E-state index contributed by atoms with van der Waals surface area (Å²) in [7, 11) is 0. The summed E-state index contributed by atoms with van der Waals surface area (Å²) in [5.41, 5.74) is 0.595. The highest BCUT2D eigenvalue weighted by molar-refractivity contribution is 6.00. The van der Waals surface area contributed by atoms with Gasteiger partial charge in [-0.1, -0.05) is 43.7 Å². The smallest absolute Gasteiger partial charge is 0.408 e. The van der Waals surface area contributed by atoms with Crippen LogP contribution in [0.1, 0.15) is 52.1 Å². The van der Waals surface area contributed by atoms with Crippen molar-refractivity contribution in [3.05, 3.63) is 47.4 Å². The maximum Gasteiger partial charge on any atom is 0.408 e. The quantitative estimate of drug-likeness (QED) is 0.728. The van der Waals surface area contributed by atoms with Crippen LogP contribution in [-0.2, 0) is 14.3 Å². The first-order valence-electron chi connectivity index (χ1n) is 9.00. The van der Waals surface area contributed by atoms with Crippen LogP contribution in [0.3, 0.4) is 0 Å². The number of ether oxygens (including phenoxy) is 2. The van der Waals surface area contributed by atoms with Crippen molar-refractivity contribution in [2.24, 2.45) is 0 Å². The minimum absolute atomic E-state index is 0.0247. The fourth-order valence-corrected chi connectivity index (χ4v) is 2.63. The number of alkyl carbamates (subject to hydrolysis) is 1. The summed E-state index contributed by atoms with van der Waals surface area (Å²) in [4.78, 5) is 24.8. The topological polar surface area (TPSA) is 76.7 Å². The minimum atomic E-state index is -0.634. The van der Waals surface area contributed by atoms with Crippen LogP contribution >= 0.6 is 0 Å². The standard InChI is InChI=1S/C20H28N2O4/c1-5-6-12-21-18-16(15(23)13-25-18)17(14-10-8-7-9-11-14)22-19(24)26-20(2,3)4/h7-11,17,21H,5-6,12-13H2,1-4H3,(H,22,24)/t17-/m0/s1. The van der Waals surface area contributed by atoms with E-state index in [1.54, 1.807) is 20.8 Å². The third-order valence-corrected chi connectivity index (χ3v) is 3.79. The van der Waals surface area contributed by atoms with Gasteiger partial charge >= 0.3 is 6.09 Å². The normalized spacial score (nSPS) is 15.5. The van der Waals surface area contributed by atoms with Gasteiger partial charge in [-0.25, -0.2) is 4.79 Å². The molecule has 1 aromatic rings. The van der Waals surface area contributed by atoms with E-state index in [4.69, 9.17) is 9.47 Å². The number of carbonyl (C=O) groups is 2. The third kappa shape index (κ3) is 5.51. The molecule has 0 spiro atoms. The van der Waals surface area contributed by atoms with Crippen molar-refractivity contribution in [3.63, 3.8) is 0 Å². The van der Waals surface area contributed by atoms with Crippen LogP contribution in [0, 0.1) is 0 Å². The highest BCUT2D eigenvalue weighted by Crippen LogP contribution is 2.29. The Morgan fingerprint density at radius 2 is 1.96 bits per heavy atom. The number of rotatable bonds is 7. The molecule has 1 heterocycles. The van der Waals surface area contributed by atoms with E-state index in [2.05, 4.69) is 17.6 Å². The number of hydrogen-bond donors (Lipinski definition) is 2. The summed E-state index contributed by atoms with van der Waals surface area (Å²) < 4.78 is 10.9. The molecule has 0 bridgehead atoms. The molecular weight excluding hydrogens is 332 g/mol. The van der Waals surface area contributed by atoms with Crippen molar-refractivity contribution in [1.82, 2.24) is 10.6 Å². The Morgan fingerprint density at radius 1 is 1.27 bits per heavy atom. The zero-order valence-corrected chi connectivity index (χ0v) is 15.9. The van der Waals surface area contributed by atoms with Crippen LogP contribution in [0.5, 0.6) is 0 Å². The Labute approximate surface area is 154 Å². The van der Waals surface area contributed by atoms with Gasteiger partial charge in [-0.2, -0.15) is 0 Å². The fourth-order valence-electron chi connectivity index (χ4n) is 2.63. The molecule has 0 saturated carbocycles. The summed E-state index contributed by atoms with van der Waals surface area (Å²) in [6, 6.07) is 8.71. The molecule has 26 heavy (non-hydrogen) atoms. The second kappa shape index (κ2) is 8.74. The molecule has 1 aliphatic heterocycles. The van der Waals surface area contributed by atoms with E-state index >= 15 is 0 Å². The monoisotopic (exact) mass is 360 g/mol. The van der Waals surface area contributed by atoms with Crippen LogP contribution in [0.15, 0.2) is 41.8 Å². The largest absolute Gasteiger partial charge is 0.470 e. The van der Waals surface area contributed by atoms with Gasteiger partial charge in [0.25, 0.3) is 0 Å². The lowest BCUT2D eigenvalue weighted by Gasteiger charge is -2.24. The van der Waals surface area contributed by atoms with E-state index in [0.717, 1.165) is 18.4 Å². The Balaban J connectivity index is 2.31. The van der Waals surface area contributed by atoms with Crippen LogP contribution < -0.4 is 10.6 Å². The van der Waals surface area contributed by atoms with Gasteiger partial charge in [0.1, 0.15) is 5.60 Å². The van der Waals surface area contributed by atoms with Gasteiger partial charge < -0.3 is 20.1 Å². The van der Waals surface area contributed by atoms with Crippen molar-refractivity contribution in [2.75, 3.05) is 13.2 Å². The van der Waals surface area contributed by atoms with Crippen molar-refractivity contribution >= 4 is 11.9 Å². The lowest BCUT2D eigenvalue weighted by molar-refractivity contribution is -0.116. The molecule has 0 radical (unpaired) electrons. The molecule has 1 amide bonds. The number of ketones is 1. The minimum Gasteiger partial charge on any atom is -0.470 e. The molecule has 0 unspecified atom stereocenters. The highest BCUT2D eigenvalue weighted by atomic mass is 16.6. The molecule has 142 valence electrons. The van der Waals surface area contributed by atoms with Crippen LogP contribution in [0.25, 0.3) is 0 Å². The second-order valence-electron chi connectivity index (χ2n) is 7.22. The lowest BCUT2D eigenvalue weighted by Crippen LogP contribution is -2.37. The van der Waals surface area contributed by atoms with Gasteiger partial charge in [0.2, 0.25) is 5.78 Å². The number of nitrogens with one attached hydrogen (secondary N) is 2. The predicted molar refractivity (Wildman–Crippen MR) is 99.4 cm³/mol. The number of carbonyl (C=O) groups excluding carboxylic acids is 2. The first-order chi connectivity index (χ1) is 12.3. The van der Waals surface area contributed by atoms with Crippen LogP contribution in [-0.4, -0.2) is 30.6 Å². The van der Waals surface area contributed by atoms with E-state index < -0.39 is 17.7 Å². The van der Waals surface area contributed by atoms with Crippen LogP contribution in [0.4, 0.5) is 4.79 Å². The van der Waals surface area contributed by atoms with E-state index in [9.17, 15) is 9.59 Å². The lowest BCUT2D eigenvalue weighted by atomic mass is 9.96. The average molecular weight is 360 g/mol. The molecule has 2 rings (SSSR count). The Bertz CT molecular complexity index is 662. The number of hydrogen-bond acceptors (Lipinski definition) is 5. The van der Waals surface area contributed by atoms with Crippen molar-refractivity contribution in [2.45, 2.75) is 52.2 Å². The summed E-state index contributed by atoms with van der Waals surface area (Å²) in [5.74, 6) is 0.294. The van der Waals surface area contributed by atoms with Crippen molar-refractivity contribution in [3.8, 4) is 0 Å². The molecular formula is C20H28N2O4. The Hall–Kier alpha value is -2.50. The Kier molecular flexibility index (Phi) is 6.66. The molecule has 0 aliphatic carbocycles. The van der Waals surface area contributed by atoms with E-state index in [0.29, 0.717) is 18.0 Å². The van der Waals surface area contributed by atoms with E-state index in [-0.39, 0.29) is 12.4 Å². The number of unbranched alkanes of at least 4 members (excludes halogenated alkanes) is 1. The van der Waals surface area contributed by atoms with Gasteiger partial charge in [-0.3, -0.25) is 4.79 Å². The molecule has 1 atom stereocenters. The fraction of sp³-hybridized carbons (Fsp3) is 0.500. The summed E-state index contributed by atoms with van der Waals surface area (Å²) in [6.45, 7) is 8.16. The summed E-state index contributed by atoms with van der Waals surface area (Å²) >= 11 is 0. The second-order valence-corrected chi connectivity index (χ2v) is 7.22. The predicted octanol–water partition coefficient (Wildman–Crippen LogP) is 3.45. The first-order valence-corrected chi connectivity index (χ1v) is 9.00. The average Bonchev–Trinajstić information content (AvgIpc) is 2.93. The van der Waals surface area contributed by atoms with Gasteiger partial charge in [-0.05, 0) is 32.8 Å². The maximum absolute atomic E-state index is 12.5. The van der Waals surface area contributed by atoms with Crippen molar-refractivity contribution < 1.29 is 19.1 Å². The highest BCUT2D eigenvalue weighted by Gasteiger charge is 2.34. The zero-order valence-electron chi connectivity index (χ0n) is 15.9. The van der Waals surface area contributed by atoms with Crippen molar-refractivity contribution in [1.29, 1.82) is 0 Å².